The van der Waals surface area contributed by atoms with Gasteiger partial charge in [0.1, 0.15) is 28.2 Å². The molecule has 2 N–H and O–H groups in total. The molecule has 0 atom stereocenters. The van der Waals surface area contributed by atoms with E-state index in [2.05, 4.69) is 10.3 Å². The van der Waals surface area contributed by atoms with Crippen LogP contribution in [0.1, 0.15) is 15.9 Å². The van der Waals surface area contributed by atoms with E-state index >= 15 is 0 Å². The molecular weight excluding hydrogens is 373 g/mol. The van der Waals surface area contributed by atoms with Crippen molar-refractivity contribution in [1.82, 2.24) is 10.3 Å². The third-order valence-electron chi connectivity index (χ3n) is 3.52. The fourth-order valence-corrected chi connectivity index (χ4v) is 2.38. The monoisotopic (exact) mass is 382 g/mol. The summed E-state index contributed by atoms with van der Waals surface area (Å²) in [5.41, 5.74) is -0.320. The van der Waals surface area contributed by atoms with Gasteiger partial charge in [-0.3, -0.25) is 4.79 Å². The van der Waals surface area contributed by atoms with Gasteiger partial charge in [-0.2, -0.15) is 0 Å². The molecule has 1 amide bonds. The van der Waals surface area contributed by atoms with Gasteiger partial charge in [0.2, 0.25) is 0 Å². The van der Waals surface area contributed by atoms with Crippen molar-refractivity contribution in [3.8, 4) is 17.1 Å². The zero-order chi connectivity index (χ0) is 18.8. The number of amides is 1. The van der Waals surface area contributed by atoms with Gasteiger partial charge in [0.05, 0.1) is 17.3 Å². The highest BCUT2D eigenvalue weighted by Crippen LogP contribution is 2.31. The Balaban J connectivity index is 1.79. The molecule has 0 aliphatic heterocycles. The molecule has 1 heterocycles. The molecule has 0 aliphatic rings. The summed E-state index contributed by atoms with van der Waals surface area (Å²) in [5.74, 6) is -4.01. The van der Waals surface area contributed by atoms with Crippen LogP contribution in [0.5, 0.6) is 5.75 Å². The third kappa shape index (κ3) is 3.50. The van der Waals surface area contributed by atoms with Gasteiger partial charge < -0.3 is 14.8 Å². The Kier molecular flexibility index (Phi) is 4.85. The van der Waals surface area contributed by atoms with E-state index in [1.54, 1.807) is 0 Å². The first-order valence-electron chi connectivity index (χ1n) is 7.20. The van der Waals surface area contributed by atoms with Crippen LogP contribution in [0, 0.1) is 17.5 Å². The van der Waals surface area contributed by atoms with Crippen LogP contribution in [0.4, 0.5) is 13.2 Å². The molecule has 3 aromatic rings. The highest BCUT2D eigenvalue weighted by molar-refractivity contribution is 6.30. The lowest BCUT2D eigenvalue weighted by Gasteiger charge is -2.09. The average molecular weight is 383 g/mol. The van der Waals surface area contributed by atoms with Gasteiger partial charge in [-0.15, -0.1) is 0 Å². The molecule has 26 heavy (non-hydrogen) atoms. The molecule has 0 radical (unpaired) electrons. The lowest BCUT2D eigenvalue weighted by atomic mass is 10.1. The SMILES string of the molecule is O=C(NCc1cc(F)c(Cl)c(F)c1)c1cc(O)c(-c2cnco2)cc1F. The van der Waals surface area contributed by atoms with Crippen LogP contribution >= 0.6 is 11.6 Å². The second-order valence-electron chi connectivity index (χ2n) is 5.27. The van der Waals surface area contributed by atoms with Crippen LogP contribution in [-0.2, 0) is 6.54 Å². The number of aromatic nitrogens is 1. The summed E-state index contributed by atoms with van der Waals surface area (Å²) in [4.78, 5) is 15.8. The number of aromatic hydroxyl groups is 1. The highest BCUT2D eigenvalue weighted by Gasteiger charge is 2.18. The predicted molar refractivity (Wildman–Crippen MR) is 86.1 cm³/mol. The van der Waals surface area contributed by atoms with E-state index in [1.807, 2.05) is 0 Å². The van der Waals surface area contributed by atoms with E-state index in [1.165, 1.54) is 6.20 Å². The summed E-state index contributed by atoms with van der Waals surface area (Å²) < 4.78 is 46.0. The normalized spacial score (nSPS) is 10.8. The number of nitrogens with one attached hydrogen (secondary N) is 1. The molecule has 2 aromatic carbocycles. The Bertz CT molecular complexity index is 955. The van der Waals surface area contributed by atoms with E-state index < -0.39 is 39.7 Å². The molecule has 0 saturated heterocycles. The molecule has 0 aliphatic carbocycles. The number of hydrogen-bond acceptors (Lipinski definition) is 4. The molecular formula is C17H10ClF3N2O3. The summed E-state index contributed by atoms with van der Waals surface area (Å²) >= 11 is 5.38. The number of benzene rings is 2. The number of carbonyl (C=O) groups excluding carboxylic acids is 1. The highest BCUT2D eigenvalue weighted by atomic mass is 35.5. The van der Waals surface area contributed by atoms with Crippen molar-refractivity contribution in [3.05, 3.63) is 70.5 Å². The fourth-order valence-electron chi connectivity index (χ4n) is 2.27. The number of phenols is 1. The minimum Gasteiger partial charge on any atom is -0.507 e. The number of nitrogens with zero attached hydrogens (tertiary/aromatic N) is 1. The standard InChI is InChI=1S/C17H10ClF3N2O3/c18-16-12(20)1-8(2-13(16)21)5-23-17(25)9-4-14(24)10(3-11(9)19)15-6-22-7-26-15/h1-4,6-7,24H,5H2,(H,23,25). The molecule has 134 valence electrons. The zero-order valence-corrected chi connectivity index (χ0v) is 13.6. The first-order chi connectivity index (χ1) is 12.4. The maximum Gasteiger partial charge on any atom is 0.254 e. The predicted octanol–water partition coefficient (Wildman–Crippen LogP) is 4.05. The Morgan fingerprint density at radius 3 is 2.46 bits per heavy atom. The summed E-state index contributed by atoms with van der Waals surface area (Å²) in [6.45, 7) is -0.270. The molecule has 3 rings (SSSR count). The minimum absolute atomic E-state index is 0.0263. The van der Waals surface area contributed by atoms with Gasteiger partial charge in [-0.25, -0.2) is 18.2 Å². The fraction of sp³-hybridized carbons (Fsp3) is 0.0588. The molecule has 0 unspecified atom stereocenters. The number of oxazole rings is 1. The van der Waals surface area contributed by atoms with Crippen molar-refractivity contribution in [2.45, 2.75) is 6.54 Å². The van der Waals surface area contributed by atoms with Gasteiger partial charge in [0, 0.05) is 6.54 Å². The Morgan fingerprint density at radius 2 is 1.85 bits per heavy atom. The molecule has 0 spiro atoms. The van der Waals surface area contributed by atoms with Gasteiger partial charge in [0.15, 0.2) is 12.2 Å². The third-order valence-corrected chi connectivity index (χ3v) is 3.89. The molecule has 0 fully saturated rings. The summed E-state index contributed by atoms with van der Waals surface area (Å²) in [6, 6.07) is 3.75. The van der Waals surface area contributed by atoms with Gasteiger partial charge in [-0.1, -0.05) is 11.6 Å². The van der Waals surface area contributed by atoms with Crippen LogP contribution in [0.3, 0.4) is 0 Å². The Labute approximate surface area is 150 Å². The van der Waals surface area contributed by atoms with E-state index in [0.29, 0.717) is 0 Å². The quantitative estimate of drug-likeness (QED) is 0.667. The van der Waals surface area contributed by atoms with Crippen molar-refractivity contribution in [3.63, 3.8) is 0 Å². The number of rotatable bonds is 4. The van der Waals surface area contributed by atoms with Crippen LogP contribution in [0.25, 0.3) is 11.3 Å². The number of carbonyl (C=O) groups is 1. The largest absolute Gasteiger partial charge is 0.507 e. The smallest absolute Gasteiger partial charge is 0.254 e. The Hall–Kier alpha value is -3.00. The molecule has 1 aromatic heterocycles. The molecule has 5 nitrogen and oxygen atoms in total. The van der Waals surface area contributed by atoms with E-state index in [9.17, 15) is 23.1 Å². The van der Waals surface area contributed by atoms with E-state index in [-0.39, 0.29) is 23.4 Å². The summed E-state index contributed by atoms with van der Waals surface area (Å²) in [7, 11) is 0. The first-order valence-corrected chi connectivity index (χ1v) is 7.57. The maximum atomic E-state index is 14.2. The van der Waals surface area contributed by atoms with Crippen molar-refractivity contribution in [2.75, 3.05) is 0 Å². The average Bonchev–Trinajstić information content (AvgIpc) is 3.13. The van der Waals surface area contributed by atoms with Crippen LogP contribution in [0.15, 0.2) is 41.3 Å². The van der Waals surface area contributed by atoms with Crippen molar-refractivity contribution in [1.29, 1.82) is 0 Å². The first kappa shape index (κ1) is 17.8. The van der Waals surface area contributed by atoms with Crippen LogP contribution in [-0.4, -0.2) is 16.0 Å². The van der Waals surface area contributed by atoms with Crippen molar-refractivity contribution in [2.24, 2.45) is 0 Å². The number of hydrogen-bond donors (Lipinski definition) is 2. The molecule has 0 bridgehead atoms. The van der Waals surface area contributed by atoms with E-state index in [4.69, 9.17) is 16.0 Å². The summed E-state index contributed by atoms with van der Waals surface area (Å²) in [5, 5.41) is 11.6. The van der Waals surface area contributed by atoms with E-state index in [0.717, 1.165) is 30.7 Å². The lowest BCUT2D eigenvalue weighted by Crippen LogP contribution is -2.24. The summed E-state index contributed by atoms with van der Waals surface area (Å²) in [6.07, 6.45) is 2.38. The minimum atomic E-state index is -0.976. The number of halogens is 4. The molecule has 0 saturated carbocycles. The maximum absolute atomic E-state index is 14.2. The van der Waals surface area contributed by atoms with Gasteiger partial charge >= 0.3 is 0 Å². The topological polar surface area (TPSA) is 75.4 Å². The Morgan fingerprint density at radius 1 is 1.15 bits per heavy atom. The van der Waals surface area contributed by atoms with Crippen LogP contribution < -0.4 is 5.32 Å². The van der Waals surface area contributed by atoms with Crippen molar-refractivity contribution >= 4 is 17.5 Å². The van der Waals surface area contributed by atoms with Gasteiger partial charge in [-0.05, 0) is 29.8 Å². The second kappa shape index (κ2) is 7.09. The number of phenolic OH excluding ortho intramolecular Hbond substituents is 1. The zero-order valence-electron chi connectivity index (χ0n) is 12.9. The second-order valence-corrected chi connectivity index (χ2v) is 5.65. The van der Waals surface area contributed by atoms with Crippen LogP contribution in [0.2, 0.25) is 5.02 Å². The lowest BCUT2D eigenvalue weighted by molar-refractivity contribution is 0.0946. The molecule has 9 heteroatoms. The van der Waals surface area contributed by atoms with Crippen molar-refractivity contribution < 1.29 is 27.5 Å². The van der Waals surface area contributed by atoms with Gasteiger partial charge in [0.25, 0.3) is 5.91 Å².